The summed E-state index contributed by atoms with van der Waals surface area (Å²) in [5.41, 5.74) is 10.8. The molecule has 0 saturated carbocycles. The molecule has 1 unspecified atom stereocenters. The summed E-state index contributed by atoms with van der Waals surface area (Å²) < 4.78 is 2.10. The van der Waals surface area contributed by atoms with E-state index in [4.69, 9.17) is 33.9 Å². The van der Waals surface area contributed by atoms with Gasteiger partial charge in [-0.05, 0) is 36.8 Å². The molecule has 0 bridgehead atoms. The number of aromatic nitrogens is 2. The Morgan fingerprint density at radius 1 is 1.27 bits per heavy atom. The molecule has 0 saturated heterocycles. The summed E-state index contributed by atoms with van der Waals surface area (Å²) in [6.45, 7) is 4.69. The van der Waals surface area contributed by atoms with Gasteiger partial charge in [-0.2, -0.15) is 0 Å². The molecule has 0 spiro atoms. The summed E-state index contributed by atoms with van der Waals surface area (Å²) in [6, 6.07) is 9.55. The lowest BCUT2D eigenvalue weighted by atomic mass is 10.0. The third kappa shape index (κ3) is 2.50. The first-order valence-electron chi connectivity index (χ1n) is 7.16. The van der Waals surface area contributed by atoms with Crippen molar-refractivity contribution in [2.24, 2.45) is 5.73 Å². The first-order chi connectivity index (χ1) is 10.5. The second kappa shape index (κ2) is 5.92. The highest BCUT2D eigenvalue weighted by atomic mass is 35.5. The van der Waals surface area contributed by atoms with Crippen molar-refractivity contribution in [2.75, 3.05) is 6.54 Å². The number of hydrogen-bond acceptors (Lipinski definition) is 2. The summed E-state index contributed by atoms with van der Waals surface area (Å²) in [5.74, 6) is 0.165. The van der Waals surface area contributed by atoms with Crippen molar-refractivity contribution >= 4 is 28.8 Å². The Balaban J connectivity index is 2.35. The number of fused-ring (bicyclic) bond motifs is 1. The molecule has 2 heterocycles. The molecule has 0 radical (unpaired) electrons. The van der Waals surface area contributed by atoms with Crippen molar-refractivity contribution in [3.8, 4) is 11.3 Å². The number of nitrogens with zero attached hydrogens (tertiary/aromatic N) is 2. The van der Waals surface area contributed by atoms with E-state index < -0.39 is 0 Å². The Hall–Kier alpha value is -1.55. The fourth-order valence-electron chi connectivity index (χ4n) is 2.68. The second-order valence-corrected chi connectivity index (χ2v) is 6.34. The number of benzene rings is 1. The first-order valence-corrected chi connectivity index (χ1v) is 7.91. The lowest BCUT2D eigenvalue weighted by Gasteiger charge is -2.12. The zero-order valence-corrected chi connectivity index (χ0v) is 14.0. The molecule has 0 aliphatic carbocycles. The standard InChI is InChI=1S/C17H17Cl2N3/c1-10-4-3-7-22-16(11(2)9-20)15(21-17(10)22)13-6-5-12(18)8-14(13)19/h3-8,11H,9,20H2,1-2H3. The molecule has 0 amide bonds. The predicted molar refractivity (Wildman–Crippen MR) is 92.9 cm³/mol. The molecule has 2 N–H and O–H groups in total. The van der Waals surface area contributed by atoms with Gasteiger partial charge in [0, 0.05) is 29.2 Å². The Kier molecular flexibility index (Phi) is 4.13. The maximum Gasteiger partial charge on any atom is 0.140 e. The Morgan fingerprint density at radius 2 is 2.05 bits per heavy atom. The van der Waals surface area contributed by atoms with Gasteiger partial charge in [0.1, 0.15) is 5.65 Å². The second-order valence-electron chi connectivity index (χ2n) is 5.49. The smallest absolute Gasteiger partial charge is 0.140 e. The highest BCUT2D eigenvalue weighted by Gasteiger charge is 2.21. The van der Waals surface area contributed by atoms with Crippen LogP contribution in [0.25, 0.3) is 16.9 Å². The molecule has 3 aromatic rings. The summed E-state index contributed by atoms with van der Waals surface area (Å²) in [5, 5.41) is 1.21. The van der Waals surface area contributed by atoms with Crippen molar-refractivity contribution in [1.82, 2.24) is 9.38 Å². The van der Waals surface area contributed by atoms with Crippen LogP contribution >= 0.6 is 23.2 Å². The fraction of sp³-hybridized carbons (Fsp3) is 0.235. The van der Waals surface area contributed by atoms with Gasteiger partial charge in [0.05, 0.1) is 16.4 Å². The number of nitrogens with two attached hydrogens (primary N) is 1. The van der Waals surface area contributed by atoms with Crippen LogP contribution in [0.5, 0.6) is 0 Å². The lowest BCUT2D eigenvalue weighted by Crippen LogP contribution is -2.12. The molecule has 5 heteroatoms. The fourth-order valence-corrected chi connectivity index (χ4v) is 3.18. The highest BCUT2D eigenvalue weighted by molar-refractivity contribution is 6.36. The number of hydrogen-bond donors (Lipinski definition) is 1. The van der Waals surface area contributed by atoms with E-state index in [0.29, 0.717) is 16.6 Å². The normalized spacial score (nSPS) is 12.8. The van der Waals surface area contributed by atoms with Gasteiger partial charge in [-0.25, -0.2) is 4.98 Å². The third-order valence-corrected chi connectivity index (χ3v) is 4.44. The number of halogens is 2. The summed E-state index contributed by atoms with van der Waals surface area (Å²) in [6.07, 6.45) is 2.02. The molecule has 1 aromatic carbocycles. The van der Waals surface area contributed by atoms with Crippen LogP contribution in [0.2, 0.25) is 10.0 Å². The van der Waals surface area contributed by atoms with Gasteiger partial charge in [-0.1, -0.05) is 36.2 Å². The average molecular weight is 334 g/mol. The highest BCUT2D eigenvalue weighted by Crippen LogP contribution is 2.35. The van der Waals surface area contributed by atoms with Crippen molar-refractivity contribution in [3.05, 3.63) is 57.8 Å². The molecule has 1 atom stereocenters. The maximum atomic E-state index is 6.39. The van der Waals surface area contributed by atoms with Crippen LogP contribution in [0.4, 0.5) is 0 Å². The van der Waals surface area contributed by atoms with E-state index >= 15 is 0 Å². The van der Waals surface area contributed by atoms with E-state index in [-0.39, 0.29) is 5.92 Å². The third-order valence-electron chi connectivity index (χ3n) is 3.89. The first kappa shape index (κ1) is 15.3. The van der Waals surface area contributed by atoms with E-state index in [9.17, 15) is 0 Å². The quantitative estimate of drug-likeness (QED) is 0.756. The minimum absolute atomic E-state index is 0.165. The molecule has 0 aliphatic rings. The number of rotatable bonds is 3. The van der Waals surface area contributed by atoms with Gasteiger partial charge in [-0.15, -0.1) is 0 Å². The predicted octanol–water partition coefficient (Wildman–Crippen LogP) is 4.68. The number of imidazole rings is 1. The SMILES string of the molecule is Cc1cccn2c(C(C)CN)c(-c3ccc(Cl)cc3Cl)nc12. The average Bonchev–Trinajstić information content (AvgIpc) is 2.87. The summed E-state index contributed by atoms with van der Waals surface area (Å²) >= 11 is 12.4. The van der Waals surface area contributed by atoms with Crippen LogP contribution in [0, 0.1) is 6.92 Å². The van der Waals surface area contributed by atoms with Crippen LogP contribution in [-0.4, -0.2) is 15.9 Å². The maximum absolute atomic E-state index is 6.39. The van der Waals surface area contributed by atoms with Gasteiger partial charge in [0.25, 0.3) is 0 Å². The molecule has 114 valence electrons. The van der Waals surface area contributed by atoms with Crippen molar-refractivity contribution in [1.29, 1.82) is 0 Å². The van der Waals surface area contributed by atoms with Gasteiger partial charge in [0.2, 0.25) is 0 Å². The number of aryl methyl sites for hydroxylation is 1. The summed E-state index contributed by atoms with van der Waals surface area (Å²) in [4.78, 5) is 4.82. The molecule has 2 aromatic heterocycles. The minimum Gasteiger partial charge on any atom is -0.330 e. The van der Waals surface area contributed by atoms with Crippen molar-refractivity contribution < 1.29 is 0 Å². The van der Waals surface area contributed by atoms with Crippen LogP contribution in [0.1, 0.15) is 24.1 Å². The van der Waals surface area contributed by atoms with E-state index in [0.717, 1.165) is 28.2 Å². The van der Waals surface area contributed by atoms with Gasteiger partial charge < -0.3 is 10.1 Å². The monoisotopic (exact) mass is 333 g/mol. The van der Waals surface area contributed by atoms with Gasteiger partial charge >= 0.3 is 0 Å². The molecular weight excluding hydrogens is 317 g/mol. The van der Waals surface area contributed by atoms with E-state index in [1.54, 1.807) is 6.07 Å². The zero-order chi connectivity index (χ0) is 15.9. The van der Waals surface area contributed by atoms with E-state index in [2.05, 4.69) is 11.3 Å². The van der Waals surface area contributed by atoms with E-state index in [1.807, 2.05) is 37.4 Å². The largest absolute Gasteiger partial charge is 0.330 e. The molecule has 0 fully saturated rings. The van der Waals surface area contributed by atoms with Crippen LogP contribution in [0.15, 0.2) is 36.5 Å². The van der Waals surface area contributed by atoms with E-state index in [1.165, 1.54) is 0 Å². The molecule has 3 rings (SSSR count). The van der Waals surface area contributed by atoms with Crippen molar-refractivity contribution in [3.63, 3.8) is 0 Å². The Labute approximate surface area is 139 Å². The van der Waals surface area contributed by atoms with Crippen molar-refractivity contribution in [2.45, 2.75) is 19.8 Å². The van der Waals surface area contributed by atoms with Crippen LogP contribution in [-0.2, 0) is 0 Å². The lowest BCUT2D eigenvalue weighted by molar-refractivity contribution is 0.738. The number of pyridine rings is 1. The topological polar surface area (TPSA) is 43.3 Å². The zero-order valence-electron chi connectivity index (χ0n) is 12.5. The minimum atomic E-state index is 0.165. The Bertz CT molecular complexity index is 839. The Morgan fingerprint density at radius 3 is 2.73 bits per heavy atom. The molecule has 22 heavy (non-hydrogen) atoms. The molecule has 0 aliphatic heterocycles. The van der Waals surface area contributed by atoms with Gasteiger partial charge in [-0.3, -0.25) is 0 Å². The van der Waals surface area contributed by atoms with Crippen LogP contribution in [0.3, 0.4) is 0 Å². The van der Waals surface area contributed by atoms with Crippen LogP contribution < -0.4 is 5.73 Å². The molecular formula is C17H17Cl2N3. The van der Waals surface area contributed by atoms with Gasteiger partial charge in [0.15, 0.2) is 0 Å². The summed E-state index contributed by atoms with van der Waals surface area (Å²) in [7, 11) is 0. The molecule has 3 nitrogen and oxygen atoms in total.